The molecule has 2 aromatic rings. The average molecular weight is 500 g/mol. The van der Waals surface area contributed by atoms with Crippen molar-refractivity contribution < 1.29 is 23.9 Å². The van der Waals surface area contributed by atoms with Crippen LogP contribution in [0.1, 0.15) is 28.8 Å². The summed E-state index contributed by atoms with van der Waals surface area (Å²) in [4.78, 5) is 43.7. The first-order valence-electron chi connectivity index (χ1n) is 11.8. The number of carbonyl (C=O) groups is 3. The molecule has 9 heteroatoms. The van der Waals surface area contributed by atoms with Gasteiger partial charge in [-0.2, -0.15) is 0 Å². The third-order valence-corrected chi connectivity index (χ3v) is 6.58. The Morgan fingerprint density at radius 1 is 1.09 bits per heavy atom. The third kappa shape index (κ3) is 6.13. The lowest BCUT2D eigenvalue weighted by Gasteiger charge is -2.33. The minimum atomic E-state index is -0.217. The summed E-state index contributed by atoms with van der Waals surface area (Å²) in [5.41, 5.74) is 1.81. The van der Waals surface area contributed by atoms with Crippen molar-refractivity contribution in [2.45, 2.75) is 19.8 Å². The summed E-state index contributed by atoms with van der Waals surface area (Å²) in [7, 11) is 2.05. The van der Waals surface area contributed by atoms with Crippen molar-refractivity contribution in [3.8, 4) is 11.5 Å². The highest BCUT2D eigenvalue weighted by atomic mass is 35.5. The molecule has 35 heavy (non-hydrogen) atoms. The number of Topliss-reactive ketones (excluding diaryl/α,β-unsaturated/α-hetero) is 1. The number of piperazine rings is 1. The van der Waals surface area contributed by atoms with Gasteiger partial charge in [-0.25, -0.2) is 0 Å². The van der Waals surface area contributed by atoms with Gasteiger partial charge in [-0.05, 0) is 62.4 Å². The van der Waals surface area contributed by atoms with E-state index in [1.54, 1.807) is 41.3 Å². The van der Waals surface area contributed by atoms with E-state index >= 15 is 0 Å². The Hall–Kier alpha value is -3.10. The second-order valence-corrected chi connectivity index (χ2v) is 9.36. The molecule has 0 spiro atoms. The summed E-state index contributed by atoms with van der Waals surface area (Å²) in [5.74, 6) is 0.831. The van der Waals surface area contributed by atoms with E-state index in [1.165, 1.54) is 0 Å². The predicted molar refractivity (Wildman–Crippen MR) is 134 cm³/mol. The SMILES string of the molecule is Cc1cc(Cl)ccc1OCC(=O)c1ccc2c(c1)N(CCCC(=O)N1CCN(C)CC1)C(=O)CO2. The van der Waals surface area contributed by atoms with Gasteiger partial charge in [0.05, 0.1) is 5.69 Å². The van der Waals surface area contributed by atoms with Gasteiger partial charge in [-0.3, -0.25) is 14.4 Å². The molecule has 2 heterocycles. The van der Waals surface area contributed by atoms with Gasteiger partial charge in [-0.1, -0.05) is 11.6 Å². The highest BCUT2D eigenvalue weighted by Crippen LogP contribution is 2.33. The number of hydrogen-bond donors (Lipinski definition) is 0. The molecule has 186 valence electrons. The lowest BCUT2D eigenvalue weighted by atomic mass is 10.1. The molecule has 1 fully saturated rings. The van der Waals surface area contributed by atoms with Crippen LogP contribution in [-0.2, 0) is 9.59 Å². The maximum atomic E-state index is 12.8. The van der Waals surface area contributed by atoms with Gasteiger partial charge in [-0.15, -0.1) is 0 Å². The van der Waals surface area contributed by atoms with Crippen LogP contribution >= 0.6 is 11.6 Å². The Morgan fingerprint density at radius 2 is 1.86 bits per heavy atom. The maximum absolute atomic E-state index is 12.8. The Morgan fingerprint density at radius 3 is 2.60 bits per heavy atom. The molecular weight excluding hydrogens is 470 g/mol. The van der Waals surface area contributed by atoms with Crippen molar-refractivity contribution in [2.24, 2.45) is 0 Å². The third-order valence-electron chi connectivity index (χ3n) is 6.35. The van der Waals surface area contributed by atoms with Gasteiger partial charge in [0.2, 0.25) is 5.91 Å². The molecule has 0 radical (unpaired) electrons. The van der Waals surface area contributed by atoms with Crippen LogP contribution < -0.4 is 14.4 Å². The molecule has 2 aliphatic rings. The van der Waals surface area contributed by atoms with Crippen LogP contribution in [0.15, 0.2) is 36.4 Å². The fraction of sp³-hybridized carbons (Fsp3) is 0.423. The van der Waals surface area contributed by atoms with Crippen molar-refractivity contribution in [3.63, 3.8) is 0 Å². The van der Waals surface area contributed by atoms with E-state index in [1.807, 2.05) is 18.9 Å². The first-order chi connectivity index (χ1) is 16.8. The zero-order valence-electron chi connectivity index (χ0n) is 20.1. The largest absolute Gasteiger partial charge is 0.485 e. The molecule has 2 aliphatic heterocycles. The van der Waals surface area contributed by atoms with Crippen LogP contribution in [0.2, 0.25) is 5.02 Å². The highest BCUT2D eigenvalue weighted by Gasteiger charge is 2.27. The molecule has 8 nitrogen and oxygen atoms in total. The number of rotatable bonds is 8. The number of benzene rings is 2. The standard InChI is InChI=1S/C26H30ClN3O5/c1-18-14-20(27)6-8-23(18)34-16-22(31)19-5-7-24-21(15-19)30(26(33)17-35-24)9-3-4-25(32)29-12-10-28(2)11-13-29/h5-8,14-15H,3-4,9-13,16-17H2,1-2H3. The van der Waals surface area contributed by atoms with Gasteiger partial charge in [0.25, 0.3) is 5.91 Å². The van der Waals surface area contributed by atoms with E-state index in [-0.39, 0.29) is 30.8 Å². The van der Waals surface area contributed by atoms with E-state index < -0.39 is 0 Å². The fourth-order valence-corrected chi connectivity index (χ4v) is 4.45. The van der Waals surface area contributed by atoms with E-state index in [4.69, 9.17) is 21.1 Å². The zero-order valence-corrected chi connectivity index (χ0v) is 20.8. The summed E-state index contributed by atoms with van der Waals surface area (Å²) in [5, 5.41) is 0.603. The number of hydrogen-bond acceptors (Lipinski definition) is 6. The van der Waals surface area contributed by atoms with Gasteiger partial charge in [0, 0.05) is 49.7 Å². The number of ether oxygens (including phenoxy) is 2. The molecule has 0 saturated carbocycles. The smallest absolute Gasteiger partial charge is 0.265 e. The van der Waals surface area contributed by atoms with Crippen LogP contribution in [0, 0.1) is 6.92 Å². The quantitative estimate of drug-likeness (QED) is 0.519. The maximum Gasteiger partial charge on any atom is 0.265 e. The summed E-state index contributed by atoms with van der Waals surface area (Å²) < 4.78 is 11.3. The fourth-order valence-electron chi connectivity index (χ4n) is 4.22. The first kappa shape index (κ1) is 25.0. The van der Waals surface area contributed by atoms with Gasteiger partial charge in [0.1, 0.15) is 11.5 Å². The molecule has 0 aliphatic carbocycles. The Labute approximate surface area is 210 Å². The number of carbonyl (C=O) groups excluding carboxylic acids is 3. The summed E-state index contributed by atoms with van der Waals surface area (Å²) in [6, 6.07) is 10.2. The van der Waals surface area contributed by atoms with Gasteiger partial charge < -0.3 is 24.2 Å². The van der Waals surface area contributed by atoms with Crippen molar-refractivity contribution in [1.82, 2.24) is 9.80 Å². The minimum absolute atomic E-state index is 0.0638. The average Bonchev–Trinajstić information content (AvgIpc) is 2.84. The number of likely N-dealkylation sites (N-methyl/N-ethyl adjacent to an activating group) is 1. The molecule has 0 N–H and O–H groups in total. The molecule has 0 unspecified atom stereocenters. The van der Waals surface area contributed by atoms with Crippen molar-refractivity contribution in [2.75, 3.05) is 57.9 Å². The summed E-state index contributed by atoms with van der Waals surface area (Å²) in [6.45, 7) is 5.25. The lowest BCUT2D eigenvalue weighted by molar-refractivity contribution is -0.133. The topological polar surface area (TPSA) is 79.4 Å². The van der Waals surface area contributed by atoms with Crippen LogP contribution in [0.4, 0.5) is 5.69 Å². The normalized spacial score (nSPS) is 16.0. The summed E-state index contributed by atoms with van der Waals surface area (Å²) in [6.07, 6.45) is 0.907. The number of amides is 2. The van der Waals surface area contributed by atoms with E-state index in [9.17, 15) is 14.4 Å². The van der Waals surface area contributed by atoms with Crippen molar-refractivity contribution >= 4 is 34.9 Å². The lowest BCUT2D eigenvalue weighted by Crippen LogP contribution is -2.47. The number of ketones is 1. The molecule has 0 aromatic heterocycles. The number of anilines is 1. The van der Waals surface area contributed by atoms with E-state index in [0.717, 1.165) is 31.7 Å². The molecular formula is C26H30ClN3O5. The summed E-state index contributed by atoms with van der Waals surface area (Å²) >= 11 is 5.98. The number of halogens is 1. The van der Waals surface area contributed by atoms with Crippen LogP contribution in [0.3, 0.4) is 0 Å². The first-order valence-corrected chi connectivity index (χ1v) is 12.2. The van der Waals surface area contributed by atoms with E-state index in [2.05, 4.69) is 4.90 Å². The molecule has 2 aromatic carbocycles. The molecule has 2 amide bonds. The Balaban J connectivity index is 1.38. The second kappa shape index (κ2) is 11.1. The molecule has 4 rings (SSSR count). The van der Waals surface area contributed by atoms with Crippen molar-refractivity contribution in [1.29, 1.82) is 0 Å². The van der Waals surface area contributed by atoms with Crippen LogP contribution in [0.25, 0.3) is 0 Å². The van der Waals surface area contributed by atoms with E-state index in [0.29, 0.717) is 47.2 Å². The molecule has 0 atom stereocenters. The number of aryl methyl sites for hydroxylation is 1. The zero-order chi connectivity index (χ0) is 24.9. The van der Waals surface area contributed by atoms with Crippen LogP contribution in [0.5, 0.6) is 11.5 Å². The number of fused-ring (bicyclic) bond motifs is 1. The van der Waals surface area contributed by atoms with Crippen LogP contribution in [-0.4, -0.2) is 80.4 Å². The van der Waals surface area contributed by atoms with Crippen molar-refractivity contribution in [3.05, 3.63) is 52.5 Å². The minimum Gasteiger partial charge on any atom is -0.485 e. The monoisotopic (exact) mass is 499 g/mol. The second-order valence-electron chi connectivity index (χ2n) is 8.93. The Bertz CT molecular complexity index is 1110. The molecule has 0 bridgehead atoms. The number of nitrogens with zero attached hydrogens (tertiary/aromatic N) is 3. The molecule has 1 saturated heterocycles. The predicted octanol–water partition coefficient (Wildman–Crippen LogP) is 3.19. The van der Waals surface area contributed by atoms with Gasteiger partial charge >= 0.3 is 0 Å². The Kier molecular flexibility index (Phi) is 7.93. The highest BCUT2D eigenvalue weighted by molar-refractivity contribution is 6.30. The van der Waals surface area contributed by atoms with Gasteiger partial charge in [0.15, 0.2) is 19.0 Å².